The molecule has 0 saturated carbocycles. The van der Waals surface area contributed by atoms with Crippen molar-refractivity contribution in [3.05, 3.63) is 12.2 Å². The van der Waals surface area contributed by atoms with Gasteiger partial charge in [0.15, 0.2) is 0 Å². The lowest BCUT2D eigenvalue weighted by Crippen LogP contribution is -2.47. The first-order valence-electron chi connectivity index (χ1n) is 6.14. The molecule has 15 heavy (non-hydrogen) atoms. The quantitative estimate of drug-likeness (QED) is 0.471. The summed E-state index contributed by atoms with van der Waals surface area (Å²) in [5.74, 6) is 0. The standard InChI is InChI=1S/C13H28OSi/c1-8-9-10-14-15(11(2)3,12(4)5)13(6)7/h8-9,11-13H,10H2,1-7H3/b9-8+. The van der Waals surface area contributed by atoms with Gasteiger partial charge in [-0.3, -0.25) is 0 Å². The van der Waals surface area contributed by atoms with Crippen LogP contribution in [0, 0.1) is 0 Å². The number of allylic oxidation sites excluding steroid dienone is 1. The average Bonchev–Trinajstić information content (AvgIpc) is 2.10. The molecule has 0 aliphatic rings. The Balaban J connectivity index is 4.80. The minimum Gasteiger partial charge on any atom is -0.412 e. The van der Waals surface area contributed by atoms with Crippen LogP contribution in [0.3, 0.4) is 0 Å². The van der Waals surface area contributed by atoms with Crippen LogP contribution in [-0.2, 0) is 4.43 Å². The maximum Gasteiger partial charge on any atom is 0.200 e. The highest BCUT2D eigenvalue weighted by atomic mass is 28.4. The summed E-state index contributed by atoms with van der Waals surface area (Å²) in [7, 11) is -1.62. The lowest BCUT2D eigenvalue weighted by molar-refractivity contribution is 0.316. The molecule has 0 aliphatic carbocycles. The van der Waals surface area contributed by atoms with E-state index in [1.54, 1.807) is 0 Å². The third-order valence-corrected chi connectivity index (χ3v) is 9.45. The summed E-state index contributed by atoms with van der Waals surface area (Å²) >= 11 is 0. The summed E-state index contributed by atoms with van der Waals surface area (Å²) in [4.78, 5) is 0. The molecule has 0 heterocycles. The van der Waals surface area contributed by atoms with Gasteiger partial charge in [0.05, 0.1) is 6.61 Å². The molecule has 0 aliphatic heterocycles. The fourth-order valence-corrected chi connectivity index (χ4v) is 8.17. The van der Waals surface area contributed by atoms with Crippen molar-refractivity contribution in [2.75, 3.05) is 6.61 Å². The molecule has 0 bridgehead atoms. The topological polar surface area (TPSA) is 9.23 Å². The highest BCUT2D eigenvalue weighted by Crippen LogP contribution is 2.42. The second-order valence-corrected chi connectivity index (χ2v) is 10.7. The predicted octanol–water partition coefficient (Wildman–Crippen LogP) is 4.75. The Morgan fingerprint density at radius 2 is 1.33 bits per heavy atom. The van der Waals surface area contributed by atoms with Gasteiger partial charge in [-0.1, -0.05) is 53.7 Å². The maximum absolute atomic E-state index is 6.31. The molecule has 0 aromatic rings. The van der Waals surface area contributed by atoms with Crippen LogP contribution in [0.5, 0.6) is 0 Å². The van der Waals surface area contributed by atoms with Crippen LogP contribution >= 0.6 is 0 Å². The Morgan fingerprint density at radius 1 is 0.933 bits per heavy atom. The van der Waals surface area contributed by atoms with Gasteiger partial charge in [-0.15, -0.1) is 0 Å². The van der Waals surface area contributed by atoms with E-state index in [0.717, 1.165) is 6.61 Å². The fourth-order valence-electron chi connectivity index (χ4n) is 2.79. The molecule has 0 saturated heterocycles. The van der Waals surface area contributed by atoms with E-state index in [1.807, 2.05) is 6.92 Å². The van der Waals surface area contributed by atoms with Gasteiger partial charge < -0.3 is 4.43 Å². The molecule has 0 rings (SSSR count). The van der Waals surface area contributed by atoms with E-state index in [2.05, 4.69) is 53.7 Å². The van der Waals surface area contributed by atoms with Gasteiger partial charge in [-0.25, -0.2) is 0 Å². The first-order chi connectivity index (χ1) is 6.89. The molecular weight excluding hydrogens is 200 g/mol. The monoisotopic (exact) mass is 228 g/mol. The van der Waals surface area contributed by atoms with E-state index < -0.39 is 8.32 Å². The number of hydrogen-bond donors (Lipinski definition) is 0. The molecular formula is C13H28OSi. The van der Waals surface area contributed by atoms with Crippen LogP contribution in [0.15, 0.2) is 12.2 Å². The van der Waals surface area contributed by atoms with Gasteiger partial charge in [0, 0.05) is 0 Å². The first-order valence-corrected chi connectivity index (χ1v) is 8.28. The minimum atomic E-state index is -1.62. The predicted molar refractivity (Wildman–Crippen MR) is 71.8 cm³/mol. The fraction of sp³-hybridized carbons (Fsp3) is 0.846. The van der Waals surface area contributed by atoms with Gasteiger partial charge in [-0.05, 0) is 23.5 Å². The molecule has 0 aromatic carbocycles. The largest absolute Gasteiger partial charge is 0.412 e. The molecule has 0 amide bonds. The second-order valence-electron chi connectivity index (χ2n) is 5.20. The van der Waals surface area contributed by atoms with Crippen LogP contribution in [0.4, 0.5) is 0 Å². The molecule has 0 aromatic heterocycles. The molecule has 1 nitrogen and oxygen atoms in total. The highest BCUT2D eigenvalue weighted by Gasteiger charge is 2.44. The van der Waals surface area contributed by atoms with E-state index in [0.29, 0.717) is 16.6 Å². The molecule has 0 radical (unpaired) electrons. The van der Waals surface area contributed by atoms with Crippen LogP contribution in [0.2, 0.25) is 16.6 Å². The van der Waals surface area contributed by atoms with Crippen molar-refractivity contribution in [3.63, 3.8) is 0 Å². The molecule has 0 fully saturated rings. The number of rotatable bonds is 6. The van der Waals surface area contributed by atoms with E-state index in [4.69, 9.17) is 4.43 Å². The zero-order chi connectivity index (χ0) is 12.1. The Labute approximate surface area is 97.0 Å². The van der Waals surface area contributed by atoms with Gasteiger partial charge in [-0.2, -0.15) is 0 Å². The molecule has 0 unspecified atom stereocenters. The zero-order valence-corrected chi connectivity index (χ0v) is 12.5. The first kappa shape index (κ1) is 14.9. The van der Waals surface area contributed by atoms with Crippen molar-refractivity contribution >= 4 is 8.32 Å². The zero-order valence-electron chi connectivity index (χ0n) is 11.5. The van der Waals surface area contributed by atoms with Crippen molar-refractivity contribution in [1.29, 1.82) is 0 Å². The maximum atomic E-state index is 6.31. The van der Waals surface area contributed by atoms with Gasteiger partial charge in [0.2, 0.25) is 8.32 Å². The number of hydrogen-bond acceptors (Lipinski definition) is 1. The molecule has 90 valence electrons. The SMILES string of the molecule is C/C=C/CO[Si](C(C)C)(C(C)C)C(C)C. The Kier molecular flexibility index (Phi) is 6.45. The molecule has 0 N–H and O–H groups in total. The normalized spacial score (nSPS) is 13.7. The Hall–Kier alpha value is -0.0831. The second kappa shape index (κ2) is 6.49. The van der Waals surface area contributed by atoms with Crippen molar-refractivity contribution < 1.29 is 4.43 Å². The summed E-state index contributed by atoms with van der Waals surface area (Å²) in [5, 5.41) is 0. The van der Waals surface area contributed by atoms with Gasteiger partial charge in [0.1, 0.15) is 0 Å². The van der Waals surface area contributed by atoms with Crippen LogP contribution in [0.1, 0.15) is 48.5 Å². The summed E-state index contributed by atoms with van der Waals surface area (Å²) in [6.45, 7) is 16.8. The van der Waals surface area contributed by atoms with Crippen molar-refractivity contribution in [2.24, 2.45) is 0 Å². The van der Waals surface area contributed by atoms with Crippen LogP contribution in [-0.4, -0.2) is 14.9 Å². The summed E-state index contributed by atoms with van der Waals surface area (Å²) in [5.41, 5.74) is 2.05. The van der Waals surface area contributed by atoms with E-state index >= 15 is 0 Å². The third kappa shape index (κ3) is 3.46. The Morgan fingerprint density at radius 3 is 1.60 bits per heavy atom. The van der Waals surface area contributed by atoms with Crippen molar-refractivity contribution in [2.45, 2.75) is 65.1 Å². The van der Waals surface area contributed by atoms with E-state index in [-0.39, 0.29) is 0 Å². The van der Waals surface area contributed by atoms with Crippen molar-refractivity contribution in [1.82, 2.24) is 0 Å². The average molecular weight is 228 g/mol. The van der Waals surface area contributed by atoms with Crippen molar-refractivity contribution in [3.8, 4) is 0 Å². The summed E-state index contributed by atoms with van der Waals surface area (Å²) in [6, 6.07) is 0. The van der Waals surface area contributed by atoms with Gasteiger partial charge >= 0.3 is 0 Å². The van der Waals surface area contributed by atoms with E-state index in [9.17, 15) is 0 Å². The lowest BCUT2D eigenvalue weighted by Gasteiger charge is -2.41. The van der Waals surface area contributed by atoms with Gasteiger partial charge in [0.25, 0.3) is 0 Å². The summed E-state index contributed by atoms with van der Waals surface area (Å²) < 4.78 is 6.31. The van der Waals surface area contributed by atoms with Crippen LogP contribution < -0.4 is 0 Å². The summed E-state index contributed by atoms with van der Waals surface area (Å²) in [6.07, 6.45) is 4.19. The molecule has 0 spiro atoms. The van der Waals surface area contributed by atoms with E-state index in [1.165, 1.54) is 0 Å². The highest BCUT2D eigenvalue weighted by molar-refractivity contribution is 6.77. The lowest BCUT2D eigenvalue weighted by atomic mass is 10.5. The molecule has 0 atom stereocenters. The van der Waals surface area contributed by atoms with Crippen LogP contribution in [0.25, 0.3) is 0 Å². The smallest absolute Gasteiger partial charge is 0.200 e. The third-order valence-electron chi connectivity index (χ3n) is 3.37. The minimum absolute atomic E-state index is 0.683. The Bertz CT molecular complexity index is 173. The molecule has 2 heteroatoms.